The number of nitrogens with zero attached hydrogens (tertiary/aromatic N) is 4. The zero-order chi connectivity index (χ0) is 15.7. The summed E-state index contributed by atoms with van der Waals surface area (Å²) >= 11 is 0. The number of likely N-dealkylation sites (N-methyl/N-ethyl adjacent to an activating group) is 1. The normalized spacial score (nSPS) is 18.0. The monoisotopic (exact) mass is 308 g/mol. The molecule has 5 N–H and O–H groups in total. The van der Waals surface area contributed by atoms with Gasteiger partial charge in [-0.05, 0) is 0 Å². The number of fused-ring (bicyclic) bond motifs is 1. The highest BCUT2D eigenvalue weighted by Gasteiger charge is 2.21. The van der Waals surface area contributed by atoms with Gasteiger partial charge in [0, 0.05) is 0 Å². The van der Waals surface area contributed by atoms with E-state index in [9.17, 15) is 5.11 Å². The van der Waals surface area contributed by atoms with Gasteiger partial charge in [0.15, 0.2) is 11.1 Å². The Morgan fingerprint density at radius 3 is 2.86 bits per heavy atom. The highest BCUT2D eigenvalue weighted by molar-refractivity contribution is 5.72. The summed E-state index contributed by atoms with van der Waals surface area (Å²) in [4.78, 5) is 15.4. The maximum Gasteiger partial charge on any atom is 0.205 e. The molecule has 1 aliphatic heterocycles. The molecule has 0 spiro atoms. The lowest BCUT2D eigenvalue weighted by Gasteiger charge is -2.29. The van der Waals surface area contributed by atoms with Crippen LogP contribution in [-0.4, -0.2) is 75.7 Å². The van der Waals surface area contributed by atoms with Crippen molar-refractivity contribution in [2.45, 2.75) is 12.6 Å². The number of quaternary nitrogens is 1. The SMILES string of the molecule is C[NH+]1CCN(c2nc3c([nH]2)c(=N)ncn3CC(O)CO)CC1. The minimum atomic E-state index is -0.876. The van der Waals surface area contributed by atoms with E-state index in [4.69, 9.17) is 10.5 Å². The smallest absolute Gasteiger partial charge is 0.205 e. The summed E-state index contributed by atoms with van der Waals surface area (Å²) in [6.45, 7) is 3.78. The fourth-order valence-corrected chi connectivity index (χ4v) is 2.64. The second-order valence-electron chi connectivity index (χ2n) is 5.79. The molecular weight excluding hydrogens is 286 g/mol. The van der Waals surface area contributed by atoms with Gasteiger partial charge >= 0.3 is 0 Å². The molecule has 2 aromatic heterocycles. The number of aliphatic hydroxyl groups excluding tert-OH is 2. The minimum Gasteiger partial charge on any atom is -0.394 e. The van der Waals surface area contributed by atoms with E-state index in [0.29, 0.717) is 11.2 Å². The minimum absolute atomic E-state index is 0.128. The topological polar surface area (TPSA) is 118 Å². The Hall–Kier alpha value is -1.97. The first-order valence-corrected chi connectivity index (χ1v) is 7.43. The molecule has 0 amide bonds. The summed E-state index contributed by atoms with van der Waals surface area (Å²) in [5, 5.41) is 26.5. The van der Waals surface area contributed by atoms with Gasteiger partial charge in [-0.1, -0.05) is 0 Å². The molecule has 22 heavy (non-hydrogen) atoms. The van der Waals surface area contributed by atoms with Crippen LogP contribution in [0.3, 0.4) is 0 Å². The number of nitrogens with one attached hydrogen (secondary N) is 3. The Bertz CT molecular complexity index is 702. The first-order valence-electron chi connectivity index (χ1n) is 7.43. The first kappa shape index (κ1) is 14.9. The molecule has 3 rings (SSSR count). The van der Waals surface area contributed by atoms with Crippen LogP contribution in [0.4, 0.5) is 5.95 Å². The average Bonchev–Trinajstić information content (AvgIpc) is 2.97. The number of hydrogen-bond donors (Lipinski definition) is 5. The Morgan fingerprint density at radius 1 is 1.45 bits per heavy atom. The summed E-state index contributed by atoms with van der Waals surface area (Å²) in [5.74, 6) is 0.733. The molecular formula is C13H22N7O2+. The van der Waals surface area contributed by atoms with Crippen molar-refractivity contribution in [1.82, 2.24) is 19.5 Å². The van der Waals surface area contributed by atoms with Crippen LogP contribution in [-0.2, 0) is 6.54 Å². The van der Waals surface area contributed by atoms with Crippen molar-refractivity contribution < 1.29 is 15.1 Å². The number of piperazine rings is 1. The Labute approximate surface area is 127 Å². The van der Waals surface area contributed by atoms with Crippen LogP contribution in [0.1, 0.15) is 0 Å². The highest BCUT2D eigenvalue weighted by atomic mass is 16.3. The third-order valence-corrected chi connectivity index (χ3v) is 4.04. The van der Waals surface area contributed by atoms with Gasteiger partial charge in [0.25, 0.3) is 0 Å². The van der Waals surface area contributed by atoms with Crippen LogP contribution in [0.25, 0.3) is 11.2 Å². The molecule has 120 valence electrons. The molecule has 0 saturated carbocycles. The van der Waals surface area contributed by atoms with Crippen LogP contribution in [0.15, 0.2) is 6.33 Å². The van der Waals surface area contributed by atoms with Crippen LogP contribution in [0.5, 0.6) is 0 Å². The lowest BCUT2D eigenvalue weighted by molar-refractivity contribution is -0.880. The molecule has 0 aromatic carbocycles. The zero-order valence-electron chi connectivity index (χ0n) is 12.6. The van der Waals surface area contributed by atoms with Crippen LogP contribution in [0.2, 0.25) is 0 Å². The maximum atomic E-state index is 9.63. The predicted molar refractivity (Wildman–Crippen MR) is 79.7 cm³/mol. The molecule has 0 aliphatic carbocycles. The second kappa shape index (κ2) is 6.03. The quantitative estimate of drug-likeness (QED) is 0.411. The number of hydrogen-bond acceptors (Lipinski definition) is 6. The van der Waals surface area contributed by atoms with Gasteiger partial charge in [0.1, 0.15) is 5.52 Å². The summed E-state index contributed by atoms with van der Waals surface area (Å²) in [5.41, 5.74) is 1.26. The van der Waals surface area contributed by atoms with E-state index in [1.165, 1.54) is 11.2 Å². The molecule has 9 heteroatoms. The summed E-state index contributed by atoms with van der Waals surface area (Å²) < 4.78 is 1.66. The third-order valence-electron chi connectivity index (χ3n) is 4.04. The van der Waals surface area contributed by atoms with E-state index in [1.807, 2.05) is 0 Å². The summed E-state index contributed by atoms with van der Waals surface area (Å²) in [6.07, 6.45) is 0.599. The summed E-state index contributed by atoms with van der Waals surface area (Å²) in [7, 11) is 2.17. The van der Waals surface area contributed by atoms with Gasteiger partial charge in [0.05, 0.1) is 58.8 Å². The van der Waals surface area contributed by atoms with Crippen molar-refractivity contribution in [3.05, 3.63) is 11.8 Å². The second-order valence-corrected chi connectivity index (χ2v) is 5.79. The van der Waals surface area contributed by atoms with Crippen molar-refractivity contribution in [3.8, 4) is 0 Å². The van der Waals surface area contributed by atoms with Crippen LogP contribution in [0, 0.1) is 5.41 Å². The lowest BCUT2D eigenvalue weighted by atomic mass is 10.3. The van der Waals surface area contributed by atoms with Gasteiger partial charge < -0.3 is 29.6 Å². The molecule has 1 unspecified atom stereocenters. The molecule has 1 saturated heterocycles. The highest BCUT2D eigenvalue weighted by Crippen LogP contribution is 2.14. The number of aromatic nitrogens is 4. The molecule has 1 atom stereocenters. The fourth-order valence-electron chi connectivity index (χ4n) is 2.64. The number of aromatic amines is 1. The number of anilines is 1. The van der Waals surface area contributed by atoms with Gasteiger partial charge in [0.2, 0.25) is 5.95 Å². The zero-order valence-corrected chi connectivity index (χ0v) is 12.6. The Kier molecular flexibility index (Phi) is 4.10. The molecule has 3 heterocycles. The van der Waals surface area contributed by atoms with Crippen molar-refractivity contribution >= 4 is 17.1 Å². The lowest BCUT2D eigenvalue weighted by Crippen LogP contribution is -3.12. The third kappa shape index (κ3) is 2.82. The Balaban J connectivity index is 1.95. The van der Waals surface area contributed by atoms with Gasteiger partial charge in [-0.15, -0.1) is 0 Å². The largest absolute Gasteiger partial charge is 0.394 e. The van der Waals surface area contributed by atoms with E-state index in [-0.39, 0.29) is 18.6 Å². The molecule has 1 fully saturated rings. The van der Waals surface area contributed by atoms with Crippen molar-refractivity contribution in [2.75, 3.05) is 44.7 Å². The number of imidazole rings is 1. The van der Waals surface area contributed by atoms with E-state index in [0.717, 1.165) is 32.1 Å². The Morgan fingerprint density at radius 2 is 2.18 bits per heavy atom. The van der Waals surface area contributed by atoms with E-state index in [2.05, 4.69) is 26.9 Å². The van der Waals surface area contributed by atoms with Gasteiger partial charge in [-0.25, -0.2) is 4.98 Å². The standard InChI is InChI=1S/C13H21N7O2/c1-18-2-4-19(5-3-18)13-16-10-11(14)15-8-20(12(10)17-13)6-9(22)7-21/h8-9,14,21-22H,2-7H2,1H3,(H,16,17)/p+1. The van der Waals surface area contributed by atoms with Crippen LogP contribution < -0.4 is 15.3 Å². The summed E-state index contributed by atoms with van der Waals surface area (Å²) in [6, 6.07) is 0. The van der Waals surface area contributed by atoms with E-state index in [1.54, 1.807) is 4.57 Å². The molecule has 1 aliphatic rings. The number of rotatable bonds is 4. The van der Waals surface area contributed by atoms with E-state index >= 15 is 0 Å². The van der Waals surface area contributed by atoms with Crippen molar-refractivity contribution in [1.29, 1.82) is 5.41 Å². The molecule has 0 radical (unpaired) electrons. The maximum absolute atomic E-state index is 9.63. The van der Waals surface area contributed by atoms with Crippen molar-refractivity contribution in [2.24, 2.45) is 0 Å². The van der Waals surface area contributed by atoms with E-state index < -0.39 is 6.10 Å². The first-order chi connectivity index (χ1) is 10.6. The van der Waals surface area contributed by atoms with Crippen LogP contribution >= 0.6 is 0 Å². The molecule has 2 aromatic rings. The van der Waals surface area contributed by atoms with Crippen molar-refractivity contribution in [3.63, 3.8) is 0 Å². The number of aliphatic hydroxyl groups is 2. The number of H-pyrrole nitrogens is 1. The molecule has 0 bridgehead atoms. The average molecular weight is 308 g/mol. The molecule has 9 nitrogen and oxygen atoms in total. The predicted octanol–water partition coefficient (Wildman–Crippen LogP) is -3.07. The van der Waals surface area contributed by atoms with Gasteiger partial charge in [-0.2, -0.15) is 4.98 Å². The fraction of sp³-hybridized carbons (Fsp3) is 0.615. The van der Waals surface area contributed by atoms with Gasteiger partial charge in [-0.3, -0.25) is 5.41 Å².